The SMILES string of the molecule is CC(C)(C)OC(=O)N1CCOc2c(Br)cc(NC(=O)c3cc([N+](=O)[O-])ccc3Sc3ccc(Cl)cc3)cc2C1. The Morgan fingerprint density at radius 1 is 1.15 bits per heavy atom. The minimum Gasteiger partial charge on any atom is -0.490 e. The molecule has 12 heteroatoms. The predicted molar refractivity (Wildman–Crippen MR) is 153 cm³/mol. The summed E-state index contributed by atoms with van der Waals surface area (Å²) in [6, 6.07) is 14.6. The Hall–Kier alpha value is -3.28. The minimum absolute atomic E-state index is 0.141. The van der Waals surface area contributed by atoms with Gasteiger partial charge in [-0.1, -0.05) is 23.4 Å². The van der Waals surface area contributed by atoms with Crippen molar-refractivity contribution in [2.24, 2.45) is 0 Å². The lowest BCUT2D eigenvalue weighted by molar-refractivity contribution is -0.384. The van der Waals surface area contributed by atoms with Crippen LogP contribution in [0, 0.1) is 10.1 Å². The fourth-order valence-electron chi connectivity index (χ4n) is 3.75. The fraction of sp³-hybridized carbons (Fsp3) is 0.259. The van der Waals surface area contributed by atoms with E-state index >= 15 is 0 Å². The van der Waals surface area contributed by atoms with Gasteiger partial charge in [-0.15, -0.1) is 0 Å². The Morgan fingerprint density at radius 3 is 2.54 bits per heavy atom. The number of nitrogens with zero attached hydrogens (tertiary/aromatic N) is 2. The Kier molecular flexibility index (Phi) is 8.73. The van der Waals surface area contributed by atoms with E-state index in [0.717, 1.165) is 4.90 Å². The number of nitro benzene ring substituents is 1. The van der Waals surface area contributed by atoms with E-state index in [0.29, 0.717) is 37.9 Å². The number of hydrogen-bond acceptors (Lipinski definition) is 7. The van der Waals surface area contributed by atoms with Gasteiger partial charge in [-0.05, 0) is 79.2 Å². The standard InChI is InChI=1S/C27H25BrClN3O6S/c1-27(2,3)38-26(34)31-10-11-37-24-16(15-31)12-18(13-22(24)28)30-25(33)21-14-19(32(35)36)6-9-23(21)39-20-7-4-17(29)5-8-20/h4-9,12-14H,10-11,15H2,1-3H3,(H,30,33). The Balaban J connectivity index is 1.62. The van der Waals surface area contributed by atoms with Crippen LogP contribution in [0.1, 0.15) is 36.7 Å². The molecule has 9 nitrogen and oxygen atoms in total. The van der Waals surface area contributed by atoms with E-state index in [1.54, 1.807) is 63.2 Å². The largest absolute Gasteiger partial charge is 0.490 e. The highest BCUT2D eigenvalue weighted by molar-refractivity contribution is 9.10. The van der Waals surface area contributed by atoms with Gasteiger partial charge in [-0.3, -0.25) is 14.9 Å². The third-order valence-electron chi connectivity index (χ3n) is 5.46. The van der Waals surface area contributed by atoms with Gasteiger partial charge >= 0.3 is 6.09 Å². The van der Waals surface area contributed by atoms with Gasteiger partial charge in [-0.2, -0.15) is 0 Å². The molecule has 3 aromatic carbocycles. The molecule has 1 N–H and O–H groups in total. The van der Waals surface area contributed by atoms with E-state index < -0.39 is 22.5 Å². The van der Waals surface area contributed by atoms with Gasteiger partial charge in [0.05, 0.1) is 28.0 Å². The first-order chi connectivity index (χ1) is 18.4. The summed E-state index contributed by atoms with van der Waals surface area (Å²) in [4.78, 5) is 39.9. The van der Waals surface area contributed by atoms with Crippen molar-refractivity contribution in [2.45, 2.75) is 42.7 Å². The third kappa shape index (κ3) is 7.43. The van der Waals surface area contributed by atoms with Crippen LogP contribution in [-0.4, -0.2) is 40.6 Å². The monoisotopic (exact) mass is 633 g/mol. The Morgan fingerprint density at radius 2 is 1.87 bits per heavy atom. The second kappa shape index (κ2) is 11.8. The Labute approximate surface area is 243 Å². The molecule has 39 heavy (non-hydrogen) atoms. The molecule has 2 amide bonds. The molecule has 0 atom stereocenters. The molecule has 0 fully saturated rings. The summed E-state index contributed by atoms with van der Waals surface area (Å²) in [7, 11) is 0. The molecule has 0 saturated heterocycles. The van der Waals surface area contributed by atoms with Crippen molar-refractivity contribution in [3.8, 4) is 5.75 Å². The van der Waals surface area contributed by atoms with Crippen LogP contribution in [0.4, 0.5) is 16.2 Å². The summed E-state index contributed by atoms with van der Waals surface area (Å²) >= 11 is 10.8. The first-order valence-electron chi connectivity index (χ1n) is 11.9. The summed E-state index contributed by atoms with van der Waals surface area (Å²) in [5.41, 5.74) is 0.378. The summed E-state index contributed by atoms with van der Waals surface area (Å²) in [5.74, 6) is 0.0361. The van der Waals surface area contributed by atoms with Crippen LogP contribution in [0.3, 0.4) is 0 Å². The number of benzene rings is 3. The van der Waals surface area contributed by atoms with Crippen LogP contribution in [0.2, 0.25) is 5.02 Å². The van der Waals surface area contributed by atoms with Crippen LogP contribution in [0.5, 0.6) is 5.75 Å². The quantitative estimate of drug-likeness (QED) is 0.228. The molecular formula is C27H25BrClN3O6S. The maximum atomic E-state index is 13.4. The molecule has 0 spiro atoms. The van der Waals surface area contributed by atoms with Gasteiger partial charge in [0, 0.05) is 38.2 Å². The lowest BCUT2D eigenvalue weighted by Crippen LogP contribution is -2.37. The first-order valence-corrected chi connectivity index (χ1v) is 13.8. The topological polar surface area (TPSA) is 111 Å². The van der Waals surface area contributed by atoms with Gasteiger partial charge in [0.25, 0.3) is 11.6 Å². The number of non-ortho nitro benzene ring substituents is 1. The molecule has 1 aliphatic rings. The van der Waals surface area contributed by atoms with Crippen LogP contribution < -0.4 is 10.1 Å². The molecule has 0 aliphatic carbocycles. The van der Waals surface area contributed by atoms with Crippen molar-refractivity contribution in [1.82, 2.24) is 4.90 Å². The number of halogens is 2. The molecule has 0 radical (unpaired) electrons. The maximum Gasteiger partial charge on any atom is 0.410 e. The number of fused-ring (bicyclic) bond motifs is 1. The van der Waals surface area contributed by atoms with Gasteiger partial charge < -0.3 is 19.7 Å². The summed E-state index contributed by atoms with van der Waals surface area (Å²) in [6.45, 7) is 6.20. The van der Waals surface area contributed by atoms with Gasteiger partial charge in [0.2, 0.25) is 0 Å². The summed E-state index contributed by atoms with van der Waals surface area (Å²) in [5, 5.41) is 14.9. The average Bonchev–Trinajstić information content (AvgIpc) is 3.07. The molecule has 4 rings (SSSR count). The lowest BCUT2D eigenvalue weighted by Gasteiger charge is -2.26. The van der Waals surface area contributed by atoms with Crippen LogP contribution >= 0.6 is 39.3 Å². The maximum absolute atomic E-state index is 13.4. The van der Waals surface area contributed by atoms with Crippen molar-refractivity contribution >= 4 is 62.7 Å². The number of hydrogen-bond donors (Lipinski definition) is 1. The molecule has 0 aromatic heterocycles. The fourth-order valence-corrected chi connectivity index (χ4v) is 5.42. The van der Waals surface area contributed by atoms with E-state index in [-0.39, 0.29) is 24.4 Å². The first kappa shape index (κ1) is 28.7. The molecule has 0 bridgehead atoms. The van der Waals surface area contributed by atoms with Crippen molar-refractivity contribution < 1.29 is 24.0 Å². The van der Waals surface area contributed by atoms with Crippen molar-refractivity contribution in [3.63, 3.8) is 0 Å². The highest BCUT2D eigenvalue weighted by atomic mass is 79.9. The van der Waals surface area contributed by atoms with E-state index in [4.69, 9.17) is 21.1 Å². The number of anilines is 1. The van der Waals surface area contributed by atoms with E-state index in [1.807, 2.05) is 0 Å². The zero-order valence-corrected chi connectivity index (χ0v) is 24.5. The zero-order valence-electron chi connectivity index (χ0n) is 21.3. The Bertz CT molecular complexity index is 1430. The van der Waals surface area contributed by atoms with Crippen LogP contribution in [0.15, 0.2) is 68.9 Å². The van der Waals surface area contributed by atoms with E-state index in [1.165, 1.54) is 28.8 Å². The number of amides is 2. The number of rotatable bonds is 5. The molecular weight excluding hydrogens is 610 g/mol. The highest BCUT2D eigenvalue weighted by Gasteiger charge is 2.27. The summed E-state index contributed by atoms with van der Waals surface area (Å²) in [6.07, 6.45) is -0.468. The predicted octanol–water partition coefficient (Wildman–Crippen LogP) is 7.54. The zero-order chi connectivity index (χ0) is 28.3. The second-order valence-electron chi connectivity index (χ2n) is 9.64. The van der Waals surface area contributed by atoms with Crippen LogP contribution in [-0.2, 0) is 11.3 Å². The van der Waals surface area contributed by atoms with Gasteiger partial charge in [-0.25, -0.2) is 4.79 Å². The van der Waals surface area contributed by atoms with Gasteiger partial charge in [0.1, 0.15) is 18.0 Å². The van der Waals surface area contributed by atoms with Crippen molar-refractivity contribution in [1.29, 1.82) is 0 Å². The number of carbonyl (C=O) groups excluding carboxylic acids is 2. The molecule has 204 valence electrons. The van der Waals surface area contributed by atoms with E-state index in [2.05, 4.69) is 21.2 Å². The number of carbonyl (C=O) groups is 2. The number of nitro groups is 1. The molecule has 0 unspecified atom stereocenters. The lowest BCUT2D eigenvalue weighted by atomic mass is 10.1. The minimum atomic E-state index is -0.649. The van der Waals surface area contributed by atoms with Crippen molar-refractivity contribution in [3.05, 3.63) is 85.3 Å². The third-order valence-corrected chi connectivity index (χ3v) is 7.38. The van der Waals surface area contributed by atoms with Crippen molar-refractivity contribution in [2.75, 3.05) is 18.5 Å². The molecule has 1 aliphatic heterocycles. The smallest absolute Gasteiger partial charge is 0.410 e. The number of ether oxygens (including phenoxy) is 2. The number of nitrogens with one attached hydrogen (secondary N) is 1. The van der Waals surface area contributed by atoms with E-state index in [9.17, 15) is 19.7 Å². The normalized spacial score (nSPS) is 13.1. The van der Waals surface area contributed by atoms with Gasteiger partial charge in [0.15, 0.2) is 0 Å². The highest BCUT2D eigenvalue weighted by Crippen LogP contribution is 2.37. The molecule has 0 saturated carbocycles. The van der Waals surface area contributed by atoms with Crippen LogP contribution in [0.25, 0.3) is 0 Å². The summed E-state index contributed by atoms with van der Waals surface area (Å²) < 4.78 is 12.0. The molecule has 1 heterocycles. The average molecular weight is 635 g/mol. The second-order valence-corrected chi connectivity index (χ2v) is 12.1. The molecule has 3 aromatic rings.